The zero-order valence-electron chi connectivity index (χ0n) is 9.76. The average molecular weight is 184 g/mol. The lowest BCUT2D eigenvalue weighted by Gasteiger charge is -2.18. The van der Waals surface area contributed by atoms with E-state index < -0.39 is 0 Å². The van der Waals surface area contributed by atoms with E-state index in [1.807, 2.05) is 6.92 Å². The topological polar surface area (TPSA) is 17.1 Å². The summed E-state index contributed by atoms with van der Waals surface area (Å²) in [5.41, 5.74) is 0. The number of Topliss-reactive ketones (excluding diaryl/α,β-unsaturated/α-hetero) is 1. The molecule has 0 aromatic carbocycles. The molecule has 0 heterocycles. The maximum atomic E-state index is 11.6. The van der Waals surface area contributed by atoms with Gasteiger partial charge in [-0.15, -0.1) is 0 Å². The highest BCUT2D eigenvalue weighted by molar-refractivity contribution is 5.80. The van der Waals surface area contributed by atoms with Crippen LogP contribution in [-0.2, 0) is 4.79 Å². The lowest BCUT2D eigenvalue weighted by molar-refractivity contribution is -0.123. The first-order chi connectivity index (χ1) is 5.97. The number of carbonyl (C=O) groups is 1. The molecule has 0 aromatic rings. The maximum absolute atomic E-state index is 11.6. The third-order valence-electron chi connectivity index (χ3n) is 2.32. The fourth-order valence-electron chi connectivity index (χ4n) is 1.79. The number of hydrogen-bond acceptors (Lipinski definition) is 1. The summed E-state index contributed by atoms with van der Waals surface area (Å²) in [4.78, 5) is 11.6. The van der Waals surface area contributed by atoms with Crippen molar-refractivity contribution < 1.29 is 4.79 Å². The zero-order chi connectivity index (χ0) is 10.4. The number of hydrogen-bond donors (Lipinski definition) is 0. The quantitative estimate of drug-likeness (QED) is 0.615. The monoisotopic (exact) mass is 184 g/mol. The second-order valence-corrected chi connectivity index (χ2v) is 4.78. The van der Waals surface area contributed by atoms with Gasteiger partial charge in [0.2, 0.25) is 0 Å². The lowest BCUT2D eigenvalue weighted by atomic mass is 9.85. The van der Waals surface area contributed by atoms with Crippen LogP contribution in [0.2, 0.25) is 0 Å². The predicted octanol–water partition coefficient (Wildman–Crippen LogP) is 3.67. The first kappa shape index (κ1) is 12.7. The Bertz CT molecular complexity index is 137. The van der Waals surface area contributed by atoms with Gasteiger partial charge in [-0.25, -0.2) is 0 Å². The minimum atomic E-state index is 0.310. The molecule has 0 N–H and O–H groups in total. The Kier molecular flexibility index (Phi) is 6.02. The third-order valence-corrected chi connectivity index (χ3v) is 2.32. The predicted molar refractivity (Wildman–Crippen MR) is 57.7 cm³/mol. The van der Waals surface area contributed by atoms with Gasteiger partial charge < -0.3 is 0 Å². The van der Waals surface area contributed by atoms with Crippen LogP contribution in [0.15, 0.2) is 0 Å². The Labute approximate surface area is 82.9 Å². The SMILES string of the molecule is CCC(=O)C(CC(C)C)CC(C)C. The van der Waals surface area contributed by atoms with Crippen LogP contribution in [0.1, 0.15) is 53.9 Å². The van der Waals surface area contributed by atoms with Gasteiger partial charge in [0, 0.05) is 12.3 Å². The van der Waals surface area contributed by atoms with Crippen LogP contribution in [0.3, 0.4) is 0 Å². The summed E-state index contributed by atoms with van der Waals surface area (Å²) in [6.45, 7) is 10.7. The second kappa shape index (κ2) is 6.17. The van der Waals surface area contributed by atoms with E-state index >= 15 is 0 Å². The van der Waals surface area contributed by atoms with Crippen LogP contribution in [0.4, 0.5) is 0 Å². The van der Waals surface area contributed by atoms with Crippen molar-refractivity contribution in [2.24, 2.45) is 17.8 Å². The molecule has 0 aromatic heterocycles. The van der Waals surface area contributed by atoms with Crippen LogP contribution >= 0.6 is 0 Å². The van der Waals surface area contributed by atoms with Crippen molar-refractivity contribution in [1.82, 2.24) is 0 Å². The Morgan fingerprint density at radius 2 is 1.38 bits per heavy atom. The first-order valence-corrected chi connectivity index (χ1v) is 5.50. The summed E-state index contributed by atoms with van der Waals surface area (Å²) in [6.07, 6.45) is 2.82. The van der Waals surface area contributed by atoms with Crippen molar-refractivity contribution in [3.05, 3.63) is 0 Å². The largest absolute Gasteiger partial charge is 0.299 e. The molecule has 0 aliphatic carbocycles. The molecule has 78 valence electrons. The van der Waals surface area contributed by atoms with E-state index in [1.54, 1.807) is 0 Å². The number of carbonyl (C=O) groups excluding carboxylic acids is 1. The molecular weight excluding hydrogens is 160 g/mol. The average Bonchev–Trinajstić information content (AvgIpc) is 2.00. The molecule has 1 heteroatoms. The van der Waals surface area contributed by atoms with E-state index in [0.29, 0.717) is 30.0 Å². The van der Waals surface area contributed by atoms with Gasteiger partial charge in [-0.1, -0.05) is 34.6 Å². The van der Waals surface area contributed by atoms with Gasteiger partial charge in [-0.2, -0.15) is 0 Å². The molecular formula is C12H24O. The molecule has 0 saturated heterocycles. The highest BCUT2D eigenvalue weighted by Gasteiger charge is 2.18. The Balaban J connectivity index is 4.10. The minimum absolute atomic E-state index is 0.310. The molecule has 0 rings (SSSR count). The number of rotatable bonds is 6. The standard InChI is InChI=1S/C12H24O/c1-6-12(13)11(7-9(2)3)8-10(4)5/h9-11H,6-8H2,1-5H3. The molecule has 0 atom stereocenters. The molecule has 0 unspecified atom stereocenters. The van der Waals surface area contributed by atoms with Crippen LogP contribution in [-0.4, -0.2) is 5.78 Å². The molecule has 13 heavy (non-hydrogen) atoms. The molecule has 1 nitrogen and oxygen atoms in total. The Morgan fingerprint density at radius 1 is 1.00 bits per heavy atom. The maximum Gasteiger partial charge on any atom is 0.135 e. The summed E-state index contributed by atoms with van der Waals surface area (Å²) in [6, 6.07) is 0. The van der Waals surface area contributed by atoms with Crippen LogP contribution in [0, 0.1) is 17.8 Å². The molecule has 0 amide bonds. The van der Waals surface area contributed by atoms with Gasteiger partial charge in [0.1, 0.15) is 5.78 Å². The van der Waals surface area contributed by atoms with Gasteiger partial charge in [-0.3, -0.25) is 4.79 Å². The minimum Gasteiger partial charge on any atom is -0.299 e. The lowest BCUT2D eigenvalue weighted by Crippen LogP contribution is -2.17. The second-order valence-electron chi connectivity index (χ2n) is 4.78. The van der Waals surface area contributed by atoms with E-state index in [9.17, 15) is 4.79 Å². The van der Waals surface area contributed by atoms with Gasteiger partial charge in [0.05, 0.1) is 0 Å². The van der Waals surface area contributed by atoms with Crippen molar-refractivity contribution in [2.45, 2.75) is 53.9 Å². The van der Waals surface area contributed by atoms with Crippen LogP contribution < -0.4 is 0 Å². The van der Waals surface area contributed by atoms with Gasteiger partial charge in [-0.05, 0) is 24.7 Å². The molecule has 0 fully saturated rings. The van der Waals surface area contributed by atoms with E-state index in [-0.39, 0.29) is 0 Å². The first-order valence-electron chi connectivity index (χ1n) is 5.50. The van der Waals surface area contributed by atoms with Crippen molar-refractivity contribution in [3.8, 4) is 0 Å². The Hall–Kier alpha value is -0.330. The van der Waals surface area contributed by atoms with Crippen molar-refractivity contribution in [1.29, 1.82) is 0 Å². The Morgan fingerprint density at radius 3 is 1.62 bits per heavy atom. The van der Waals surface area contributed by atoms with Gasteiger partial charge in [0.25, 0.3) is 0 Å². The molecule has 0 bridgehead atoms. The zero-order valence-corrected chi connectivity index (χ0v) is 9.76. The molecule has 0 saturated carbocycles. The van der Waals surface area contributed by atoms with Gasteiger partial charge >= 0.3 is 0 Å². The summed E-state index contributed by atoms with van der Waals surface area (Å²) in [5, 5.41) is 0. The molecule has 0 aliphatic heterocycles. The van der Waals surface area contributed by atoms with E-state index in [2.05, 4.69) is 27.7 Å². The number of ketones is 1. The smallest absolute Gasteiger partial charge is 0.135 e. The van der Waals surface area contributed by atoms with Crippen molar-refractivity contribution in [2.75, 3.05) is 0 Å². The summed E-state index contributed by atoms with van der Waals surface area (Å²) in [5.74, 6) is 2.03. The fraction of sp³-hybridized carbons (Fsp3) is 0.917. The fourth-order valence-corrected chi connectivity index (χ4v) is 1.79. The van der Waals surface area contributed by atoms with E-state index in [1.165, 1.54) is 0 Å². The molecule has 0 radical (unpaired) electrons. The molecule has 0 spiro atoms. The van der Waals surface area contributed by atoms with Crippen molar-refractivity contribution in [3.63, 3.8) is 0 Å². The van der Waals surface area contributed by atoms with Crippen LogP contribution in [0.5, 0.6) is 0 Å². The van der Waals surface area contributed by atoms with E-state index in [4.69, 9.17) is 0 Å². The van der Waals surface area contributed by atoms with E-state index in [0.717, 1.165) is 12.8 Å². The van der Waals surface area contributed by atoms with Crippen LogP contribution in [0.25, 0.3) is 0 Å². The summed E-state index contributed by atoms with van der Waals surface area (Å²) in [7, 11) is 0. The summed E-state index contributed by atoms with van der Waals surface area (Å²) >= 11 is 0. The normalized spacial score (nSPS) is 11.7. The third kappa shape index (κ3) is 5.84. The highest BCUT2D eigenvalue weighted by Crippen LogP contribution is 2.21. The van der Waals surface area contributed by atoms with Crippen molar-refractivity contribution >= 4 is 5.78 Å². The summed E-state index contributed by atoms with van der Waals surface area (Å²) < 4.78 is 0. The highest BCUT2D eigenvalue weighted by atomic mass is 16.1. The van der Waals surface area contributed by atoms with Gasteiger partial charge in [0.15, 0.2) is 0 Å². The molecule has 0 aliphatic rings.